The zero-order valence-corrected chi connectivity index (χ0v) is 20.4. The van der Waals surface area contributed by atoms with Crippen molar-refractivity contribution in [3.63, 3.8) is 0 Å². The second kappa shape index (κ2) is 8.95. The Morgan fingerprint density at radius 2 is 1.83 bits per heavy atom. The van der Waals surface area contributed by atoms with E-state index in [1.54, 1.807) is 30.2 Å². The van der Waals surface area contributed by atoms with Gasteiger partial charge in [0, 0.05) is 37.3 Å². The first-order chi connectivity index (χ1) is 16.8. The SMILES string of the molecule is Cc1cc(F)cc(C)c1-c1ccnc2cc(O[C@H](C)C(=O)N3CCC4(CCNC4=O)CC3)ccc12. The van der Waals surface area contributed by atoms with Gasteiger partial charge in [-0.2, -0.15) is 0 Å². The smallest absolute Gasteiger partial charge is 0.263 e. The van der Waals surface area contributed by atoms with Gasteiger partial charge in [0.15, 0.2) is 6.10 Å². The van der Waals surface area contributed by atoms with E-state index in [-0.39, 0.29) is 23.0 Å². The van der Waals surface area contributed by atoms with Crippen LogP contribution in [-0.4, -0.2) is 47.4 Å². The van der Waals surface area contributed by atoms with Crippen LogP contribution < -0.4 is 10.1 Å². The van der Waals surface area contributed by atoms with E-state index in [1.165, 1.54) is 0 Å². The van der Waals surface area contributed by atoms with Crippen LogP contribution in [0.15, 0.2) is 42.6 Å². The van der Waals surface area contributed by atoms with E-state index in [1.807, 2.05) is 38.1 Å². The lowest BCUT2D eigenvalue weighted by Crippen LogP contribution is -2.49. The van der Waals surface area contributed by atoms with Crippen molar-refractivity contribution >= 4 is 22.7 Å². The second-order valence-electron chi connectivity index (χ2n) is 9.82. The monoisotopic (exact) mass is 475 g/mol. The number of aryl methyl sites for hydroxylation is 2. The molecule has 0 unspecified atom stereocenters. The first kappa shape index (κ1) is 23.3. The number of amides is 2. The van der Waals surface area contributed by atoms with Crippen LogP contribution in [0.1, 0.15) is 37.3 Å². The van der Waals surface area contributed by atoms with Gasteiger partial charge in [-0.1, -0.05) is 0 Å². The highest BCUT2D eigenvalue weighted by atomic mass is 19.1. The second-order valence-corrected chi connectivity index (χ2v) is 9.82. The van der Waals surface area contributed by atoms with E-state index < -0.39 is 6.10 Å². The van der Waals surface area contributed by atoms with Crippen molar-refractivity contribution in [2.24, 2.45) is 5.41 Å². The molecule has 1 N–H and O–H groups in total. The molecule has 182 valence electrons. The van der Waals surface area contributed by atoms with Crippen LogP contribution >= 0.6 is 0 Å². The van der Waals surface area contributed by atoms with E-state index in [2.05, 4.69) is 10.3 Å². The quantitative estimate of drug-likeness (QED) is 0.601. The molecule has 0 aliphatic carbocycles. The average molecular weight is 476 g/mol. The Bertz CT molecular complexity index is 1290. The largest absolute Gasteiger partial charge is 0.481 e. The molecule has 2 aromatic carbocycles. The molecule has 0 bridgehead atoms. The predicted octanol–water partition coefficient (Wildman–Crippen LogP) is 4.55. The van der Waals surface area contributed by atoms with E-state index in [0.717, 1.165) is 46.1 Å². The van der Waals surface area contributed by atoms with Crippen molar-refractivity contribution in [2.75, 3.05) is 19.6 Å². The molecule has 1 aromatic heterocycles. The number of likely N-dealkylation sites (tertiary alicyclic amines) is 1. The number of nitrogens with zero attached hydrogens (tertiary/aromatic N) is 2. The molecule has 2 aliphatic heterocycles. The summed E-state index contributed by atoms with van der Waals surface area (Å²) >= 11 is 0. The third kappa shape index (κ3) is 4.24. The molecule has 2 amide bonds. The van der Waals surface area contributed by atoms with Gasteiger partial charge in [0.1, 0.15) is 11.6 Å². The summed E-state index contributed by atoms with van der Waals surface area (Å²) in [6.45, 7) is 7.44. The average Bonchev–Trinajstić information content (AvgIpc) is 3.17. The van der Waals surface area contributed by atoms with Crippen molar-refractivity contribution in [2.45, 2.75) is 46.1 Å². The molecule has 2 fully saturated rings. The summed E-state index contributed by atoms with van der Waals surface area (Å²) in [5.74, 6) is 0.381. The third-order valence-electron chi connectivity index (χ3n) is 7.54. The summed E-state index contributed by atoms with van der Waals surface area (Å²) in [5.41, 5.74) is 4.16. The zero-order valence-electron chi connectivity index (χ0n) is 20.4. The highest BCUT2D eigenvalue weighted by Gasteiger charge is 2.45. The zero-order chi connectivity index (χ0) is 24.7. The van der Waals surface area contributed by atoms with Crippen molar-refractivity contribution in [1.82, 2.24) is 15.2 Å². The van der Waals surface area contributed by atoms with Crippen LogP contribution in [0.2, 0.25) is 0 Å². The number of nitrogens with one attached hydrogen (secondary N) is 1. The Hall–Kier alpha value is -3.48. The fourth-order valence-electron chi connectivity index (χ4n) is 5.61. The molecule has 3 heterocycles. The number of fused-ring (bicyclic) bond motifs is 1. The molecule has 0 radical (unpaired) electrons. The summed E-state index contributed by atoms with van der Waals surface area (Å²) in [4.78, 5) is 31.6. The maximum Gasteiger partial charge on any atom is 0.263 e. The number of hydrogen-bond donors (Lipinski definition) is 1. The van der Waals surface area contributed by atoms with Gasteiger partial charge in [-0.3, -0.25) is 14.6 Å². The maximum atomic E-state index is 13.8. The Labute approximate surface area is 204 Å². The Morgan fingerprint density at radius 1 is 1.11 bits per heavy atom. The van der Waals surface area contributed by atoms with Gasteiger partial charge in [0.25, 0.3) is 5.91 Å². The number of aromatic nitrogens is 1. The molecular weight excluding hydrogens is 445 g/mol. The molecule has 2 saturated heterocycles. The van der Waals surface area contributed by atoms with Gasteiger partial charge in [0.05, 0.1) is 10.9 Å². The van der Waals surface area contributed by atoms with Crippen LogP contribution in [-0.2, 0) is 9.59 Å². The third-order valence-corrected chi connectivity index (χ3v) is 7.54. The summed E-state index contributed by atoms with van der Waals surface area (Å²) < 4.78 is 19.9. The highest BCUT2D eigenvalue weighted by Crippen LogP contribution is 2.38. The lowest BCUT2D eigenvalue weighted by atomic mass is 9.77. The van der Waals surface area contributed by atoms with Crippen LogP contribution in [0.3, 0.4) is 0 Å². The number of carbonyl (C=O) groups excluding carboxylic acids is 2. The molecule has 0 saturated carbocycles. The Kier molecular flexibility index (Phi) is 5.95. The number of rotatable bonds is 4. The molecule has 6 nitrogen and oxygen atoms in total. The van der Waals surface area contributed by atoms with Crippen molar-refractivity contribution in [3.05, 3.63) is 59.5 Å². The molecule has 2 aliphatic rings. The normalized spacial score (nSPS) is 18.1. The first-order valence-electron chi connectivity index (χ1n) is 12.2. The van der Waals surface area contributed by atoms with Gasteiger partial charge >= 0.3 is 0 Å². The van der Waals surface area contributed by atoms with Gasteiger partial charge in [-0.15, -0.1) is 0 Å². The predicted molar refractivity (Wildman–Crippen MR) is 133 cm³/mol. The number of piperidine rings is 1. The summed E-state index contributed by atoms with van der Waals surface area (Å²) in [6, 6.07) is 10.7. The number of hydrogen-bond acceptors (Lipinski definition) is 4. The fraction of sp³-hybridized carbons (Fsp3) is 0.393. The Morgan fingerprint density at radius 3 is 2.49 bits per heavy atom. The minimum Gasteiger partial charge on any atom is -0.481 e. The van der Waals surface area contributed by atoms with Crippen molar-refractivity contribution in [1.29, 1.82) is 0 Å². The van der Waals surface area contributed by atoms with Crippen LogP contribution in [0, 0.1) is 25.1 Å². The van der Waals surface area contributed by atoms with Gasteiger partial charge in [0.2, 0.25) is 5.91 Å². The maximum absolute atomic E-state index is 13.8. The van der Waals surface area contributed by atoms with E-state index >= 15 is 0 Å². The lowest BCUT2D eigenvalue weighted by molar-refractivity contribution is -0.143. The molecule has 5 rings (SSSR count). The number of benzene rings is 2. The van der Waals surface area contributed by atoms with Gasteiger partial charge in [-0.05, 0) is 92.6 Å². The molecule has 35 heavy (non-hydrogen) atoms. The van der Waals surface area contributed by atoms with Gasteiger partial charge < -0.3 is 15.0 Å². The molecule has 1 atom stereocenters. The molecule has 1 spiro atoms. The fourth-order valence-corrected chi connectivity index (χ4v) is 5.61. The number of pyridine rings is 1. The lowest BCUT2D eigenvalue weighted by Gasteiger charge is -2.38. The topological polar surface area (TPSA) is 71.5 Å². The molecule has 3 aromatic rings. The minimum absolute atomic E-state index is 0.0716. The van der Waals surface area contributed by atoms with Crippen LogP contribution in [0.5, 0.6) is 5.75 Å². The minimum atomic E-state index is -0.649. The van der Waals surface area contributed by atoms with E-state index in [4.69, 9.17) is 4.74 Å². The van der Waals surface area contributed by atoms with Crippen molar-refractivity contribution < 1.29 is 18.7 Å². The molecular formula is C28H30FN3O3. The first-order valence-corrected chi connectivity index (χ1v) is 12.2. The number of carbonyl (C=O) groups is 2. The summed E-state index contributed by atoms with van der Waals surface area (Å²) in [6.07, 6.45) is 3.33. The summed E-state index contributed by atoms with van der Waals surface area (Å²) in [5, 5.41) is 3.87. The molecule has 7 heteroatoms. The van der Waals surface area contributed by atoms with Crippen molar-refractivity contribution in [3.8, 4) is 16.9 Å². The highest BCUT2D eigenvalue weighted by molar-refractivity contribution is 5.96. The van der Waals surface area contributed by atoms with E-state index in [9.17, 15) is 14.0 Å². The van der Waals surface area contributed by atoms with Crippen LogP contribution in [0.4, 0.5) is 4.39 Å². The number of halogens is 1. The summed E-state index contributed by atoms with van der Waals surface area (Å²) in [7, 11) is 0. The standard InChI is InChI=1S/C28H30FN3O3/c1-17-14-20(29)15-18(2)25(17)23-6-10-30-24-16-21(4-5-22(23)24)35-19(3)26(33)32-12-8-28(9-13-32)7-11-31-27(28)34/h4-6,10,14-16,19H,7-9,11-13H2,1-3H3,(H,31,34)/t19-/m1/s1. The number of ether oxygens (including phenoxy) is 1. The van der Waals surface area contributed by atoms with E-state index in [0.29, 0.717) is 31.7 Å². The Balaban J connectivity index is 1.32. The van der Waals surface area contributed by atoms with Crippen LogP contribution in [0.25, 0.3) is 22.0 Å². The van der Waals surface area contributed by atoms with Gasteiger partial charge in [-0.25, -0.2) is 4.39 Å².